The molecule has 0 aliphatic rings. The van der Waals surface area contributed by atoms with E-state index in [4.69, 9.17) is 0 Å². The number of hydrogen-bond acceptors (Lipinski definition) is 5. The van der Waals surface area contributed by atoms with Gasteiger partial charge in [0, 0.05) is 17.7 Å². The molecule has 0 radical (unpaired) electrons. The van der Waals surface area contributed by atoms with Gasteiger partial charge in [0.15, 0.2) is 5.16 Å². The van der Waals surface area contributed by atoms with Crippen molar-refractivity contribution in [3.8, 4) is 0 Å². The number of aryl methyl sites for hydroxylation is 2. The number of aromatic amines is 1. The van der Waals surface area contributed by atoms with Crippen LogP contribution in [0.25, 0.3) is 0 Å². The fourth-order valence-corrected chi connectivity index (χ4v) is 2.27. The molecule has 0 spiro atoms. The van der Waals surface area contributed by atoms with Gasteiger partial charge in [-0.1, -0.05) is 0 Å². The minimum absolute atomic E-state index is 0.383. The maximum absolute atomic E-state index is 11.2. The molecule has 0 unspecified atom stereocenters. The maximum Gasteiger partial charge on any atom is 0.339 e. The van der Waals surface area contributed by atoms with Crippen molar-refractivity contribution >= 4 is 27.7 Å². The first kappa shape index (κ1) is 13.0. The molecule has 0 atom stereocenters. The number of nitrogens with one attached hydrogen (secondary N) is 1. The average Bonchev–Trinajstić information content (AvgIpc) is 2.31. The molecule has 1 N–H and O–H groups in total. The quantitative estimate of drug-likeness (QED) is 0.834. The molecule has 94 valence electrons. The molecule has 8 heteroatoms. The lowest BCUT2D eigenvalue weighted by atomic mass is 10.3. The van der Waals surface area contributed by atoms with Gasteiger partial charge in [0.25, 0.3) is 0 Å². The highest BCUT2D eigenvalue weighted by molar-refractivity contribution is 9.10. The fourth-order valence-electron chi connectivity index (χ4n) is 1.21. The third-order valence-electron chi connectivity index (χ3n) is 2.17. The highest BCUT2D eigenvalue weighted by Gasteiger charge is 2.07. The van der Waals surface area contributed by atoms with Gasteiger partial charge >= 0.3 is 11.1 Å². The predicted molar refractivity (Wildman–Crippen MR) is 70.9 cm³/mol. The average molecular weight is 329 g/mol. The van der Waals surface area contributed by atoms with Crippen molar-refractivity contribution in [1.29, 1.82) is 0 Å². The molecule has 0 bridgehead atoms. The number of nitrogens with zero attached hydrogens (tertiary/aromatic N) is 3. The molecule has 0 aromatic carbocycles. The Balaban J connectivity index is 2.40. The van der Waals surface area contributed by atoms with Gasteiger partial charge in [-0.2, -0.15) is 4.98 Å². The zero-order valence-electron chi connectivity index (χ0n) is 9.60. The van der Waals surface area contributed by atoms with Crippen LogP contribution >= 0.6 is 27.7 Å². The van der Waals surface area contributed by atoms with Gasteiger partial charge in [0.1, 0.15) is 5.03 Å². The van der Waals surface area contributed by atoms with Gasteiger partial charge in [-0.25, -0.2) is 4.98 Å². The number of H-pyrrole nitrogens is 1. The van der Waals surface area contributed by atoms with Crippen molar-refractivity contribution in [3.05, 3.63) is 43.0 Å². The summed E-state index contributed by atoms with van der Waals surface area (Å²) in [6.45, 7) is 1.94. The van der Waals surface area contributed by atoms with E-state index >= 15 is 0 Å². The first-order chi connectivity index (χ1) is 8.47. The lowest BCUT2D eigenvalue weighted by Gasteiger charge is -2.06. The van der Waals surface area contributed by atoms with Gasteiger partial charge in [0.05, 0.1) is 0 Å². The molecule has 0 aliphatic heterocycles. The van der Waals surface area contributed by atoms with Crippen molar-refractivity contribution in [2.45, 2.75) is 17.1 Å². The second-order valence-electron chi connectivity index (χ2n) is 3.57. The first-order valence-corrected chi connectivity index (χ1v) is 6.55. The van der Waals surface area contributed by atoms with Crippen LogP contribution in [0.2, 0.25) is 0 Å². The summed E-state index contributed by atoms with van der Waals surface area (Å²) in [6.07, 6.45) is 1.68. The topological polar surface area (TPSA) is 80.6 Å². The van der Waals surface area contributed by atoms with Gasteiger partial charge in [-0.15, -0.1) is 0 Å². The number of pyridine rings is 1. The van der Waals surface area contributed by atoms with Crippen LogP contribution in [-0.2, 0) is 7.05 Å². The molecule has 0 aliphatic carbocycles. The highest BCUT2D eigenvalue weighted by Crippen LogP contribution is 2.25. The van der Waals surface area contributed by atoms with E-state index in [1.807, 2.05) is 13.0 Å². The predicted octanol–water partition coefficient (Wildman–Crippen LogP) is 1.09. The van der Waals surface area contributed by atoms with E-state index in [0.29, 0.717) is 10.2 Å². The first-order valence-electron chi connectivity index (χ1n) is 4.94. The lowest BCUT2D eigenvalue weighted by Crippen LogP contribution is -2.33. The third-order valence-corrected chi connectivity index (χ3v) is 3.98. The van der Waals surface area contributed by atoms with Gasteiger partial charge in [0.2, 0.25) is 0 Å². The summed E-state index contributed by atoms with van der Waals surface area (Å²) >= 11 is 4.57. The standard InChI is InChI=1S/C10H9BrN4O2S/c1-5-3-7(12-4-6(5)11)18-10-13-8(16)9(17)14-15(10)2/h3-4H,1-2H3,(H,14,17). The van der Waals surface area contributed by atoms with E-state index < -0.39 is 11.1 Å². The summed E-state index contributed by atoms with van der Waals surface area (Å²) in [4.78, 5) is 30.1. The molecule has 2 rings (SSSR count). The van der Waals surface area contributed by atoms with E-state index in [9.17, 15) is 9.59 Å². The Morgan fingerprint density at radius 3 is 2.83 bits per heavy atom. The van der Waals surface area contributed by atoms with E-state index in [0.717, 1.165) is 10.0 Å². The highest BCUT2D eigenvalue weighted by atomic mass is 79.9. The van der Waals surface area contributed by atoms with Crippen LogP contribution in [0.15, 0.2) is 36.5 Å². The summed E-state index contributed by atoms with van der Waals surface area (Å²) in [5.74, 6) is 0. The Morgan fingerprint density at radius 1 is 1.44 bits per heavy atom. The molecule has 18 heavy (non-hydrogen) atoms. The Bertz CT molecular complexity index is 710. The second-order valence-corrected chi connectivity index (χ2v) is 5.42. The normalized spacial score (nSPS) is 10.6. The number of halogens is 1. The monoisotopic (exact) mass is 328 g/mol. The Morgan fingerprint density at radius 2 is 2.17 bits per heavy atom. The Kier molecular flexibility index (Phi) is 3.67. The summed E-state index contributed by atoms with van der Waals surface area (Å²) in [5.41, 5.74) is -0.506. The molecule has 0 saturated heterocycles. The minimum atomic E-state index is -0.801. The summed E-state index contributed by atoms with van der Waals surface area (Å²) in [5, 5.41) is 3.46. The van der Waals surface area contributed by atoms with E-state index in [1.54, 1.807) is 13.2 Å². The van der Waals surface area contributed by atoms with Gasteiger partial charge < -0.3 is 0 Å². The fraction of sp³-hybridized carbons (Fsp3) is 0.200. The van der Waals surface area contributed by atoms with Crippen LogP contribution in [0.5, 0.6) is 0 Å². The summed E-state index contributed by atoms with van der Waals surface area (Å²) < 4.78 is 2.31. The SMILES string of the molecule is Cc1cc(Sc2nc(=O)c(=O)[nH]n2C)ncc1Br. The molecular formula is C10H9BrN4O2S. The smallest absolute Gasteiger partial charge is 0.265 e. The molecule has 6 nitrogen and oxygen atoms in total. The van der Waals surface area contributed by atoms with Crippen molar-refractivity contribution in [1.82, 2.24) is 19.7 Å². The van der Waals surface area contributed by atoms with Crippen LogP contribution in [0.3, 0.4) is 0 Å². The number of hydrogen-bond donors (Lipinski definition) is 1. The molecule has 2 aromatic heterocycles. The zero-order valence-corrected chi connectivity index (χ0v) is 12.0. The zero-order chi connectivity index (χ0) is 13.3. The van der Waals surface area contributed by atoms with Crippen LogP contribution in [0.4, 0.5) is 0 Å². The van der Waals surface area contributed by atoms with Gasteiger partial charge in [-0.05, 0) is 46.2 Å². The van der Waals surface area contributed by atoms with E-state index in [2.05, 4.69) is 31.0 Å². The van der Waals surface area contributed by atoms with E-state index in [-0.39, 0.29) is 0 Å². The van der Waals surface area contributed by atoms with Crippen molar-refractivity contribution < 1.29 is 0 Å². The third kappa shape index (κ3) is 2.70. The van der Waals surface area contributed by atoms with Crippen molar-refractivity contribution in [2.75, 3.05) is 0 Å². The summed E-state index contributed by atoms with van der Waals surface area (Å²) in [6, 6.07) is 1.87. The van der Waals surface area contributed by atoms with Crippen LogP contribution in [0, 0.1) is 6.92 Å². The number of aromatic nitrogens is 4. The Hall–Kier alpha value is -1.41. The van der Waals surface area contributed by atoms with Crippen LogP contribution in [0.1, 0.15) is 5.56 Å². The molecule has 2 aromatic rings. The largest absolute Gasteiger partial charge is 0.339 e. The molecule has 2 heterocycles. The van der Waals surface area contributed by atoms with Crippen LogP contribution in [-0.4, -0.2) is 19.7 Å². The maximum atomic E-state index is 11.2. The van der Waals surface area contributed by atoms with Crippen molar-refractivity contribution in [3.63, 3.8) is 0 Å². The molecule has 0 amide bonds. The van der Waals surface area contributed by atoms with Crippen molar-refractivity contribution in [2.24, 2.45) is 7.05 Å². The minimum Gasteiger partial charge on any atom is -0.265 e. The molecule has 0 fully saturated rings. The van der Waals surface area contributed by atoms with E-state index in [1.165, 1.54) is 16.4 Å². The van der Waals surface area contributed by atoms with Gasteiger partial charge in [-0.3, -0.25) is 19.4 Å². The number of rotatable bonds is 2. The van der Waals surface area contributed by atoms with Crippen LogP contribution < -0.4 is 11.1 Å². The Labute approximate surface area is 115 Å². The summed E-state index contributed by atoms with van der Waals surface area (Å²) in [7, 11) is 1.61. The molecular weight excluding hydrogens is 320 g/mol. The second kappa shape index (κ2) is 5.07. The molecule has 0 saturated carbocycles. The lowest BCUT2D eigenvalue weighted by molar-refractivity contribution is 0.596.